The van der Waals surface area contributed by atoms with Crippen LogP contribution in [0.3, 0.4) is 0 Å². The number of piperazine rings is 1. The van der Waals surface area contributed by atoms with Gasteiger partial charge < -0.3 is 10.2 Å². The number of amides is 1. The number of aromatic nitrogens is 1. The second kappa shape index (κ2) is 7.99. The molecule has 0 unspecified atom stereocenters. The van der Waals surface area contributed by atoms with Crippen molar-refractivity contribution >= 4 is 29.1 Å². The Labute approximate surface area is 175 Å². The maximum Gasteiger partial charge on any atom is 0.243 e. The molecule has 0 saturated carbocycles. The molecule has 28 heavy (non-hydrogen) atoms. The average molecular weight is 419 g/mol. The molecule has 1 aromatic heterocycles. The van der Waals surface area contributed by atoms with Crippen LogP contribution >= 0.6 is 23.2 Å². The topological polar surface area (TPSA) is 48.5 Å². The minimum absolute atomic E-state index is 0.128. The number of fused-ring (bicyclic) bond motifs is 1. The van der Waals surface area contributed by atoms with E-state index >= 15 is 0 Å². The van der Waals surface area contributed by atoms with Crippen LogP contribution in [0.5, 0.6) is 0 Å². The Balaban J connectivity index is 1.62. The van der Waals surface area contributed by atoms with E-state index in [2.05, 4.69) is 39.5 Å². The molecule has 1 aromatic carbocycles. The highest BCUT2D eigenvalue weighted by molar-refractivity contribution is 6.33. The molecule has 1 amide bonds. The Kier molecular flexibility index (Phi) is 5.61. The lowest BCUT2D eigenvalue weighted by Gasteiger charge is -2.44. The van der Waals surface area contributed by atoms with Crippen molar-refractivity contribution in [1.29, 1.82) is 0 Å². The first-order valence-corrected chi connectivity index (χ1v) is 10.3. The van der Waals surface area contributed by atoms with Crippen molar-refractivity contribution in [2.24, 2.45) is 0 Å². The molecule has 4 rings (SSSR count). The van der Waals surface area contributed by atoms with E-state index in [1.165, 1.54) is 11.1 Å². The van der Waals surface area contributed by atoms with E-state index in [4.69, 9.17) is 23.2 Å². The number of halogens is 2. The zero-order valence-corrected chi connectivity index (χ0v) is 17.4. The third-order valence-electron chi connectivity index (χ3n) is 5.76. The molecule has 1 fully saturated rings. The smallest absolute Gasteiger partial charge is 0.243 e. The van der Waals surface area contributed by atoms with Crippen LogP contribution in [0.25, 0.3) is 0 Å². The summed E-state index contributed by atoms with van der Waals surface area (Å²) in [5, 5.41) is 4.26. The summed E-state index contributed by atoms with van der Waals surface area (Å²) in [5.74, 6) is 0.128. The van der Waals surface area contributed by atoms with Crippen LogP contribution in [-0.2, 0) is 24.2 Å². The third kappa shape index (κ3) is 3.77. The number of benzene rings is 1. The number of carbonyl (C=O) groups is 1. The van der Waals surface area contributed by atoms with E-state index in [1.807, 2.05) is 7.05 Å². The summed E-state index contributed by atoms with van der Waals surface area (Å²) in [4.78, 5) is 22.2. The van der Waals surface area contributed by atoms with Gasteiger partial charge in [-0.3, -0.25) is 9.69 Å². The molecule has 0 radical (unpaired) electrons. The number of pyridine rings is 1. The van der Waals surface area contributed by atoms with Crippen LogP contribution in [0.4, 0.5) is 0 Å². The van der Waals surface area contributed by atoms with Gasteiger partial charge in [-0.25, -0.2) is 4.98 Å². The standard InChI is InChI=1S/C21H24Cl2N4O/c1-26(14-18-10-17(22)11-19(23)25-18)20(28)21(27-8-6-24-7-9-27)12-15-4-2-3-5-16(15)13-21/h2-5,10-11,24H,6-9,12-14H2,1H3. The molecule has 1 N–H and O–H groups in total. The highest BCUT2D eigenvalue weighted by Crippen LogP contribution is 2.36. The molecule has 148 valence electrons. The molecular formula is C21H24Cl2N4O. The molecule has 0 atom stereocenters. The SMILES string of the molecule is CN(Cc1cc(Cl)cc(Cl)n1)C(=O)C1(N2CCNCC2)Cc2ccccc2C1. The van der Waals surface area contributed by atoms with Crippen LogP contribution in [0.15, 0.2) is 36.4 Å². The summed E-state index contributed by atoms with van der Waals surface area (Å²) < 4.78 is 0. The van der Waals surface area contributed by atoms with Crippen LogP contribution in [0.2, 0.25) is 10.2 Å². The van der Waals surface area contributed by atoms with Crippen molar-refractivity contribution in [1.82, 2.24) is 20.1 Å². The molecule has 2 aliphatic rings. The van der Waals surface area contributed by atoms with Gasteiger partial charge in [0.1, 0.15) is 10.7 Å². The Morgan fingerprint density at radius 3 is 2.43 bits per heavy atom. The van der Waals surface area contributed by atoms with E-state index < -0.39 is 5.54 Å². The van der Waals surface area contributed by atoms with Gasteiger partial charge in [-0.05, 0) is 23.3 Å². The van der Waals surface area contributed by atoms with Gasteiger partial charge >= 0.3 is 0 Å². The third-order valence-corrected chi connectivity index (χ3v) is 6.17. The van der Waals surface area contributed by atoms with Crippen LogP contribution in [0.1, 0.15) is 16.8 Å². The largest absolute Gasteiger partial charge is 0.338 e. The summed E-state index contributed by atoms with van der Waals surface area (Å²) in [6, 6.07) is 11.8. The van der Waals surface area contributed by atoms with E-state index in [0.29, 0.717) is 22.4 Å². The van der Waals surface area contributed by atoms with Gasteiger partial charge in [0.25, 0.3) is 0 Å². The fraction of sp³-hybridized carbons (Fsp3) is 0.429. The first-order valence-electron chi connectivity index (χ1n) is 9.58. The quantitative estimate of drug-likeness (QED) is 0.775. The van der Waals surface area contributed by atoms with Crippen molar-refractivity contribution in [3.05, 3.63) is 63.4 Å². The van der Waals surface area contributed by atoms with Gasteiger partial charge in [-0.15, -0.1) is 0 Å². The fourth-order valence-electron chi connectivity index (χ4n) is 4.47. The zero-order chi connectivity index (χ0) is 19.7. The van der Waals surface area contributed by atoms with Crippen molar-refractivity contribution in [3.8, 4) is 0 Å². The highest BCUT2D eigenvalue weighted by Gasteiger charge is 2.49. The average Bonchev–Trinajstić information content (AvgIpc) is 3.08. The lowest BCUT2D eigenvalue weighted by molar-refractivity contribution is -0.144. The van der Waals surface area contributed by atoms with Crippen molar-refractivity contribution in [2.45, 2.75) is 24.9 Å². The summed E-state index contributed by atoms with van der Waals surface area (Å²) in [6.45, 7) is 3.92. The molecule has 2 heterocycles. The van der Waals surface area contributed by atoms with E-state index in [-0.39, 0.29) is 5.91 Å². The highest BCUT2D eigenvalue weighted by atomic mass is 35.5. The monoisotopic (exact) mass is 418 g/mol. The molecule has 5 nitrogen and oxygen atoms in total. The summed E-state index contributed by atoms with van der Waals surface area (Å²) in [6.07, 6.45) is 1.49. The Hall–Kier alpha value is -1.66. The Morgan fingerprint density at radius 2 is 1.82 bits per heavy atom. The van der Waals surface area contributed by atoms with E-state index in [0.717, 1.165) is 39.0 Å². The first kappa shape index (κ1) is 19.6. The van der Waals surface area contributed by atoms with E-state index in [1.54, 1.807) is 17.0 Å². The normalized spacial score (nSPS) is 18.7. The van der Waals surface area contributed by atoms with Gasteiger partial charge in [-0.1, -0.05) is 47.5 Å². The molecule has 1 aliphatic carbocycles. The molecule has 0 spiro atoms. The fourth-order valence-corrected chi connectivity index (χ4v) is 4.98. The summed E-state index contributed by atoms with van der Waals surface area (Å²) >= 11 is 12.1. The van der Waals surface area contributed by atoms with Crippen LogP contribution in [-0.4, -0.2) is 59.5 Å². The van der Waals surface area contributed by atoms with Gasteiger partial charge in [0.15, 0.2) is 0 Å². The molecule has 1 aliphatic heterocycles. The minimum Gasteiger partial charge on any atom is -0.338 e. The van der Waals surface area contributed by atoms with Crippen molar-refractivity contribution in [2.75, 3.05) is 33.2 Å². The predicted octanol–water partition coefficient (Wildman–Crippen LogP) is 2.79. The van der Waals surface area contributed by atoms with Gasteiger partial charge in [-0.2, -0.15) is 0 Å². The van der Waals surface area contributed by atoms with Gasteiger partial charge in [0.05, 0.1) is 12.2 Å². The van der Waals surface area contributed by atoms with Crippen LogP contribution < -0.4 is 5.32 Å². The predicted molar refractivity (Wildman–Crippen MR) is 112 cm³/mol. The van der Waals surface area contributed by atoms with Gasteiger partial charge in [0, 0.05) is 51.1 Å². The Bertz CT molecular complexity index is 837. The lowest BCUT2D eigenvalue weighted by atomic mass is 9.90. The molecule has 1 saturated heterocycles. The number of hydrogen-bond acceptors (Lipinski definition) is 4. The van der Waals surface area contributed by atoms with Crippen molar-refractivity contribution in [3.63, 3.8) is 0 Å². The second-order valence-corrected chi connectivity index (χ2v) is 8.48. The first-order chi connectivity index (χ1) is 13.5. The second-order valence-electron chi connectivity index (χ2n) is 7.65. The zero-order valence-electron chi connectivity index (χ0n) is 15.9. The number of rotatable bonds is 4. The lowest BCUT2D eigenvalue weighted by Crippen LogP contribution is -2.63. The maximum absolute atomic E-state index is 13.8. The van der Waals surface area contributed by atoms with Crippen LogP contribution in [0, 0.1) is 0 Å². The Morgan fingerprint density at radius 1 is 1.18 bits per heavy atom. The van der Waals surface area contributed by atoms with Gasteiger partial charge in [0.2, 0.25) is 5.91 Å². The van der Waals surface area contributed by atoms with E-state index in [9.17, 15) is 4.79 Å². The minimum atomic E-state index is -0.539. The number of nitrogens with one attached hydrogen (secondary N) is 1. The van der Waals surface area contributed by atoms with Crippen molar-refractivity contribution < 1.29 is 4.79 Å². The summed E-state index contributed by atoms with van der Waals surface area (Å²) in [7, 11) is 1.84. The number of likely N-dealkylation sites (N-methyl/N-ethyl adjacent to an activating group) is 1. The molecule has 7 heteroatoms. The summed E-state index contributed by atoms with van der Waals surface area (Å²) in [5.41, 5.74) is 2.70. The molecular weight excluding hydrogens is 395 g/mol. The maximum atomic E-state index is 13.8. The molecule has 2 aromatic rings. The molecule has 0 bridgehead atoms. The number of hydrogen-bond donors (Lipinski definition) is 1. The number of nitrogens with zero attached hydrogens (tertiary/aromatic N) is 3. The number of carbonyl (C=O) groups excluding carboxylic acids is 1.